The van der Waals surface area contributed by atoms with Gasteiger partial charge in [-0.1, -0.05) is 32.1 Å². The minimum absolute atomic E-state index is 0. The molecule has 10 heteroatoms. The third-order valence-corrected chi connectivity index (χ3v) is 3.52. The number of hydrogen-bond donors (Lipinski definition) is 1. The molecule has 0 spiro atoms. The standard InChI is InChI=1S/C12H16N3O3.C5H11NO2.K/c1-18-11-8-7-10(15(16)17)12(14-11)13-9-5-3-2-4-6-9;1-5(2,3)8-4(6)7;/h7-9H,2-6H2,1H3;1-3H3,(H2,6,7);/q-1;;+1. The molecule has 9 nitrogen and oxygen atoms in total. The first kappa shape index (κ1) is 26.1. The molecule has 0 radical (unpaired) electrons. The monoisotopic (exact) mass is 406 g/mol. The van der Waals surface area contributed by atoms with Gasteiger partial charge in [0.1, 0.15) is 11.5 Å². The SMILES string of the molecule is CC(C)(C)OC(N)=O.COc1ccc([N+](=O)[O-])c([N-]C2CCCCC2)n1.[K+]. The van der Waals surface area contributed by atoms with Gasteiger partial charge in [-0.15, -0.1) is 0 Å². The molecule has 0 aromatic carbocycles. The van der Waals surface area contributed by atoms with E-state index in [1.54, 1.807) is 20.8 Å². The fraction of sp³-hybridized carbons (Fsp3) is 0.647. The number of amides is 1. The van der Waals surface area contributed by atoms with Crippen LogP contribution in [0.15, 0.2) is 12.1 Å². The third-order valence-electron chi connectivity index (χ3n) is 3.52. The van der Waals surface area contributed by atoms with E-state index in [1.165, 1.54) is 25.7 Å². The maximum atomic E-state index is 10.9. The summed E-state index contributed by atoms with van der Waals surface area (Å²) in [6, 6.07) is 3.03. The largest absolute Gasteiger partial charge is 1.00 e. The number of nitrogens with two attached hydrogens (primary N) is 1. The second-order valence-corrected chi connectivity index (χ2v) is 6.91. The van der Waals surface area contributed by atoms with E-state index in [-0.39, 0.29) is 68.9 Å². The van der Waals surface area contributed by atoms with E-state index in [1.807, 2.05) is 0 Å². The third kappa shape index (κ3) is 10.8. The second kappa shape index (κ2) is 12.5. The van der Waals surface area contributed by atoms with Crippen molar-refractivity contribution in [3.8, 4) is 5.88 Å². The molecule has 1 amide bonds. The number of primary amides is 1. The van der Waals surface area contributed by atoms with E-state index in [9.17, 15) is 14.9 Å². The molecule has 0 atom stereocenters. The number of nitrogens with zero attached hydrogens (tertiary/aromatic N) is 3. The molecular weight excluding hydrogens is 379 g/mol. The van der Waals surface area contributed by atoms with Gasteiger partial charge in [0.25, 0.3) is 5.69 Å². The van der Waals surface area contributed by atoms with Gasteiger partial charge in [-0.2, -0.15) is 0 Å². The normalized spacial score (nSPS) is 14.1. The summed E-state index contributed by atoms with van der Waals surface area (Å²) < 4.78 is 9.56. The first-order chi connectivity index (χ1) is 12.1. The van der Waals surface area contributed by atoms with Crippen molar-refractivity contribution in [3.05, 3.63) is 27.6 Å². The van der Waals surface area contributed by atoms with Crippen LogP contribution in [-0.4, -0.2) is 34.8 Å². The van der Waals surface area contributed by atoms with Crippen molar-refractivity contribution in [2.45, 2.75) is 64.5 Å². The predicted molar refractivity (Wildman–Crippen MR) is 97.8 cm³/mol. The van der Waals surface area contributed by atoms with Crippen molar-refractivity contribution in [1.82, 2.24) is 4.98 Å². The van der Waals surface area contributed by atoms with E-state index >= 15 is 0 Å². The maximum Gasteiger partial charge on any atom is 1.00 e. The maximum absolute atomic E-state index is 10.9. The van der Waals surface area contributed by atoms with Crippen LogP contribution in [0.25, 0.3) is 5.32 Å². The van der Waals surface area contributed by atoms with Gasteiger partial charge in [-0.25, -0.2) is 4.79 Å². The van der Waals surface area contributed by atoms with Gasteiger partial charge < -0.3 is 25.5 Å². The van der Waals surface area contributed by atoms with Gasteiger partial charge in [-0.05, 0) is 32.9 Å². The minimum Gasteiger partial charge on any atom is -0.500 e. The fourth-order valence-corrected chi connectivity index (χ4v) is 2.46. The molecule has 1 saturated carbocycles. The number of pyridine rings is 1. The van der Waals surface area contributed by atoms with E-state index < -0.39 is 16.6 Å². The minimum atomic E-state index is -0.725. The average Bonchev–Trinajstić information content (AvgIpc) is 2.53. The van der Waals surface area contributed by atoms with Crippen molar-refractivity contribution in [2.24, 2.45) is 5.73 Å². The van der Waals surface area contributed by atoms with Crippen LogP contribution in [0.4, 0.5) is 16.3 Å². The van der Waals surface area contributed by atoms with E-state index in [0.717, 1.165) is 25.7 Å². The quantitative estimate of drug-likeness (QED) is 0.454. The topological polar surface area (TPSA) is 132 Å². The van der Waals surface area contributed by atoms with Crippen molar-refractivity contribution in [3.63, 3.8) is 0 Å². The van der Waals surface area contributed by atoms with E-state index in [2.05, 4.69) is 15.0 Å². The number of ether oxygens (including phenoxy) is 2. The van der Waals surface area contributed by atoms with Crippen LogP contribution in [0.3, 0.4) is 0 Å². The first-order valence-corrected chi connectivity index (χ1v) is 8.51. The Bertz CT molecular complexity index is 616. The zero-order valence-corrected chi connectivity index (χ0v) is 19.9. The predicted octanol–water partition coefficient (Wildman–Crippen LogP) is 1.22. The number of hydrogen-bond acceptors (Lipinski definition) is 6. The van der Waals surface area contributed by atoms with Gasteiger partial charge in [0.2, 0.25) is 0 Å². The van der Waals surface area contributed by atoms with Crippen molar-refractivity contribution in [1.29, 1.82) is 0 Å². The van der Waals surface area contributed by atoms with Crippen LogP contribution >= 0.6 is 0 Å². The molecule has 0 bridgehead atoms. The summed E-state index contributed by atoms with van der Waals surface area (Å²) in [7, 11) is 1.48. The zero-order valence-electron chi connectivity index (χ0n) is 16.7. The van der Waals surface area contributed by atoms with Crippen molar-refractivity contribution in [2.75, 3.05) is 7.11 Å². The number of rotatable bonds is 4. The number of aromatic nitrogens is 1. The molecule has 1 aliphatic rings. The van der Waals surface area contributed by atoms with Gasteiger partial charge in [0.05, 0.1) is 12.0 Å². The summed E-state index contributed by atoms with van der Waals surface area (Å²) in [4.78, 5) is 24.6. The number of carbonyl (C=O) groups excluding carboxylic acids is 1. The molecule has 1 aromatic rings. The Balaban J connectivity index is 0.000000645. The Labute approximate surface area is 202 Å². The Kier molecular flexibility index (Phi) is 12.1. The Hall–Kier alpha value is -0.944. The smallest absolute Gasteiger partial charge is 0.500 e. The van der Waals surface area contributed by atoms with Crippen LogP contribution in [0.2, 0.25) is 0 Å². The molecule has 0 aliphatic heterocycles. The van der Waals surface area contributed by atoms with Gasteiger partial charge in [0.15, 0.2) is 0 Å². The Morgan fingerprint density at radius 2 is 1.89 bits per heavy atom. The molecule has 146 valence electrons. The van der Waals surface area contributed by atoms with Crippen LogP contribution < -0.4 is 61.9 Å². The molecule has 0 saturated heterocycles. The number of nitro groups is 1. The number of methoxy groups -OCH3 is 1. The molecule has 1 aromatic heterocycles. The second-order valence-electron chi connectivity index (χ2n) is 6.91. The molecule has 27 heavy (non-hydrogen) atoms. The summed E-state index contributed by atoms with van der Waals surface area (Å²) in [5, 5.41) is 15.3. The number of carbonyl (C=O) groups is 1. The van der Waals surface area contributed by atoms with Crippen LogP contribution in [0.1, 0.15) is 52.9 Å². The van der Waals surface area contributed by atoms with Gasteiger partial charge in [-0.3, -0.25) is 10.1 Å². The van der Waals surface area contributed by atoms with E-state index in [0.29, 0.717) is 5.88 Å². The molecule has 1 heterocycles. The zero-order chi connectivity index (χ0) is 19.7. The first-order valence-electron chi connectivity index (χ1n) is 8.51. The van der Waals surface area contributed by atoms with Crippen LogP contribution in [-0.2, 0) is 4.74 Å². The molecule has 1 aliphatic carbocycles. The van der Waals surface area contributed by atoms with E-state index in [4.69, 9.17) is 10.5 Å². The average molecular weight is 407 g/mol. The molecule has 2 N–H and O–H groups in total. The summed E-state index contributed by atoms with van der Waals surface area (Å²) >= 11 is 0. The summed E-state index contributed by atoms with van der Waals surface area (Å²) in [6.45, 7) is 5.28. The summed E-state index contributed by atoms with van der Waals surface area (Å²) in [5.41, 5.74) is 4.21. The summed E-state index contributed by atoms with van der Waals surface area (Å²) in [5.74, 6) is 0.543. The Morgan fingerprint density at radius 1 is 1.30 bits per heavy atom. The van der Waals surface area contributed by atoms with Gasteiger partial charge in [0, 0.05) is 11.9 Å². The van der Waals surface area contributed by atoms with Crippen LogP contribution in [0, 0.1) is 10.1 Å². The molecule has 2 rings (SSSR count). The van der Waals surface area contributed by atoms with Crippen molar-refractivity contribution < 1.29 is 70.6 Å². The molecule has 1 fully saturated rings. The molecule has 0 unspecified atom stereocenters. The van der Waals surface area contributed by atoms with Gasteiger partial charge >= 0.3 is 57.5 Å². The molecular formula is C17H27KN4O5. The van der Waals surface area contributed by atoms with Crippen molar-refractivity contribution >= 4 is 17.6 Å². The summed E-state index contributed by atoms with van der Waals surface area (Å²) in [6.07, 6.45) is 4.72. The Morgan fingerprint density at radius 3 is 2.30 bits per heavy atom. The fourth-order valence-electron chi connectivity index (χ4n) is 2.46. The van der Waals surface area contributed by atoms with Crippen LogP contribution in [0.5, 0.6) is 5.88 Å².